The van der Waals surface area contributed by atoms with Gasteiger partial charge >= 0.3 is 12.0 Å². The lowest BCUT2D eigenvalue weighted by Crippen LogP contribution is -2.44. The highest BCUT2D eigenvalue weighted by Gasteiger charge is 2.52. The highest BCUT2D eigenvalue weighted by atomic mass is 16.5. The van der Waals surface area contributed by atoms with Crippen LogP contribution in [0.25, 0.3) is 10.8 Å². The van der Waals surface area contributed by atoms with Crippen molar-refractivity contribution in [3.8, 4) is 0 Å². The van der Waals surface area contributed by atoms with Gasteiger partial charge in [-0.1, -0.05) is 43.2 Å². The lowest BCUT2D eigenvalue weighted by Gasteiger charge is -2.19. The molecule has 0 radical (unpaired) electrons. The third-order valence-electron chi connectivity index (χ3n) is 5.39. The van der Waals surface area contributed by atoms with Crippen LogP contribution in [0.3, 0.4) is 0 Å². The molecule has 0 unspecified atom stereocenters. The number of nitrogens with zero attached hydrogens (tertiary/aromatic N) is 1. The molecule has 1 spiro atoms. The zero-order valence-electron chi connectivity index (χ0n) is 15.8. The molecule has 2 aliphatic rings. The van der Waals surface area contributed by atoms with E-state index in [0.29, 0.717) is 18.5 Å². The zero-order chi connectivity index (χ0) is 20.4. The van der Waals surface area contributed by atoms with Crippen LogP contribution in [-0.2, 0) is 19.1 Å². The quantitative estimate of drug-likeness (QED) is 0.596. The minimum atomic E-state index is -0.870. The number of nitrogens with one attached hydrogen (secondary N) is 2. The molecule has 2 aromatic rings. The Bertz CT molecular complexity index is 997. The van der Waals surface area contributed by atoms with Gasteiger partial charge in [0.25, 0.3) is 11.8 Å². The van der Waals surface area contributed by atoms with E-state index in [9.17, 15) is 19.2 Å². The van der Waals surface area contributed by atoms with E-state index >= 15 is 0 Å². The van der Waals surface area contributed by atoms with Crippen LogP contribution in [0, 0.1) is 0 Å². The minimum Gasteiger partial charge on any atom is -0.454 e. The number of rotatable bonds is 5. The first-order chi connectivity index (χ1) is 14.0. The molecule has 1 saturated heterocycles. The first kappa shape index (κ1) is 18.9. The third-order valence-corrected chi connectivity index (χ3v) is 5.39. The Morgan fingerprint density at radius 2 is 1.79 bits per heavy atom. The predicted octanol–water partition coefficient (Wildman–Crippen LogP) is 2.19. The lowest BCUT2D eigenvalue weighted by molar-refractivity contribution is -0.150. The minimum absolute atomic E-state index is 0.391. The lowest BCUT2D eigenvalue weighted by atomic mass is 9.98. The number of anilines is 1. The molecule has 2 aromatic carbocycles. The first-order valence-electron chi connectivity index (χ1n) is 9.55. The number of hydrogen-bond donors (Lipinski definition) is 2. The standard InChI is InChI=1S/C21H21N3O5/c25-17(22-16-8-7-14-5-1-2-6-15(14)11-16)13-29-18(26)12-24-19(27)21(23-20(24)28)9-3-4-10-21/h1-2,5-8,11H,3-4,9-10,12-13H2,(H,22,25)(H,23,28). The van der Waals surface area contributed by atoms with Gasteiger partial charge in [-0.05, 0) is 35.7 Å². The van der Waals surface area contributed by atoms with Crippen molar-refractivity contribution in [3.63, 3.8) is 0 Å². The molecule has 2 N–H and O–H groups in total. The van der Waals surface area contributed by atoms with Crippen LogP contribution in [0.5, 0.6) is 0 Å². The summed E-state index contributed by atoms with van der Waals surface area (Å²) in [5, 5.41) is 7.38. The van der Waals surface area contributed by atoms with Gasteiger partial charge in [0.15, 0.2) is 6.61 Å². The van der Waals surface area contributed by atoms with Crippen molar-refractivity contribution >= 4 is 40.3 Å². The summed E-state index contributed by atoms with van der Waals surface area (Å²) in [6, 6.07) is 12.6. The van der Waals surface area contributed by atoms with Crippen LogP contribution >= 0.6 is 0 Å². The average Bonchev–Trinajstić information content (AvgIpc) is 3.27. The topological polar surface area (TPSA) is 105 Å². The van der Waals surface area contributed by atoms with Gasteiger partial charge in [0.2, 0.25) is 0 Å². The Labute approximate surface area is 167 Å². The fourth-order valence-electron chi connectivity index (χ4n) is 3.92. The van der Waals surface area contributed by atoms with Crippen molar-refractivity contribution in [1.82, 2.24) is 10.2 Å². The molecule has 150 valence electrons. The maximum Gasteiger partial charge on any atom is 0.326 e. The Hall–Kier alpha value is -3.42. The van der Waals surface area contributed by atoms with Crippen LogP contribution in [0.1, 0.15) is 25.7 Å². The van der Waals surface area contributed by atoms with E-state index in [-0.39, 0.29) is 0 Å². The van der Waals surface area contributed by atoms with Crippen molar-refractivity contribution in [3.05, 3.63) is 42.5 Å². The molecule has 1 heterocycles. The normalized spacial score (nSPS) is 17.6. The van der Waals surface area contributed by atoms with Crippen LogP contribution < -0.4 is 10.6 Å². The molecule has 29 heavy (non-hydrogen) atoms. The highest BCUT2D eigenvalue weighted by Crippen LogP contribution is 2.34. The number of imide groups is 1. The summed E-state index contributed by atoms with van der Waals surface area (Å²) in [6.45, 7) is -1.00. The number of benzene rings is 2. The molecule has 4 amide bonds. The Morgan fingerprint density at radius 3 is 2.55 bits per heavy atom. The summed E-state index contributed by atoms with van der Waals surface area (Å²) >= 11 is 0. The highest BCUT2D eigenvalue weighted by molar-refractivity contribution is 6.09. The number of carbonyl (C=O) groups is 4. The fourth-order valence-corrected chi connectivity index (χ4v) is 3.92. The second-order valence-corrected chi connectivity index (χ2v) is 7.38. The summed E-state index contributed by atoms with van der Waals surface area (Å²) < 4.78 is 4.95. The zero-order valence-corrected chi connectivity index (χ0v) is 15.8. The molecule has 1 saturated carbocycles. The third kappa shape index (κ3) is 3.78. The smallest absolute Gasteiger partial charge is 0.326 e. The van der Waals surface area contributed by atoms with Crippen molar-refractivity contribution in [2.75, 3.05) is 18.5 Å². The molecule has 1 aliphatic heterocycles. The molecule has 0 aromatic heterocycles. The number of esters is 1. The molecular weight excluding hydrogens is 374 g/mol. The summed E-state index contributed by atoms with van der Waals surface area (Å²) in [4.78, 5) is 49.6. The van der Waals surface area contributed by atoms with Gasteiger partial charge in [0.1, 0.15) is 12.1 Å². The van der Waals surface area contributed by atoms with Gasteiger partial charge in [0, 0.05) is 5.69 Å². The first-order valence-corrected chi connectivity index (χ1v) is 9.55. The van der Waals surface area contributed by atoms with E-state index < -0.39 is 42.5 Å². The maximum atomic E-state index is 12.5. The molecule has 4 rings (SSSR count). The van der Waals surface area contributed by atoms with E-state index in [2.05, 4.69) is 10.6 Å². The summed E-state index contributed by atoms with van der Waals surface area (Å²) in [5.74, 6) is -1.70. The van der Waals surface area contributed by atoms with Gasteiger partial charge in [-0.3, -0.25) is 19.3 Å². The second-order valence-electron chi connectivity index (χ2n) is 7.38. The Balaban J connectivity index is 1.29. The van der Waals surface area contributed by atoms with E-state index in [4.69, 9.17) is 4.74 Å². The maximum absolute atomic E-state index is 12.5. The van der Waals surface area contributed by atoms with Gasteiger partial charge in [-0.15, -0.1) is 0 Å². The molecule has 8 heteroatoms. The summed E-state index contributed by atoms with van der Waals surface area (Å²) in [7, 11) is 0. The van der Waals surface area contributed by atoms with Crippen LogP contribution in [0.4, 0.5) is 10.5 Å². The van der Waals surface area contributed by atoms with Gasteiger partial charge in [0.05, 0.1) is 0 Å². The number of urea groups is 1. The van der Waals surface area contributed by atoms with Crippen LogP contribution in [-0.4, -0.2) is 47.4 Å². The SMILES string of the molecule is O=C(COC(=O)CN1C(=O)NC2(CCCC2)C1=O)Nc1ccc2ccccc2c1. The average molecular weight is 395 g/mol. The fraction of sp³-hybridized carbons (Fsp3) is 0.333. The molecule has 0 atom stereocenters. The summed E-state index contributed by atoms with van der Waals surface area (Å²) in [6.07, 6.45) is 2.88. The molecule has 2 fully saturated rings. The van der Waals surface area contributed by atoms with Crippen molar-refractivity contribution < 1.29 is 23.9 Å². The predicted molar refractivity (Wildman–Crippen MR) is 105 cm³/mol. The van der Waals surface area contributed by atoms with Crippen LogP contribution in [0.15, 0.2) is 42.5 Å². The summed E-state index contributed by atoms with van der Waals surface area (Å²) in [5.41, 5.74) is -0.285. The van der Waals surface area contributed by atoms with Crippen molar-refractivity contribution in [1.29, 1.82) is 0 Å². The number of carbonyl (C=O) groups excluding carboxylic acids is 4. The number of amides is 4. The number of fused-ring (bicyclic) bond motifs is 1. The molecule has 0 bridgehead atoms. The molecular formula is C21H21N3O5. The van der Waals surface area contributed by atoms with Gasteiger partial charge in [-0.2, -0.15) is 0 Å². The second kappa shape index (κ2) is 7.54. The van der Waals surface area contributed by atoms with Gasteiger partial charge in [-0.25, -0.2) is 4.79 Å². The molecule has 1 aliphatic carbocycles. The van der Waals surface area contributed by atoms with E-state index in [0.717, 1.165) is 28.5 Å². The van der Waals surface area contributed by atoms with Crippen LogP contribution in [0.2, 0.25) is 0 Å². The van der Waals surface area contributed by atoms with Crippen molar-refractivity contribution in [2.24, 2.45) is 0 Å². The van der Waals surface area contributed by atoms with E-state index in [1.165, 1.54) is 0 Å². The molecule has 8 nitrogen and oxygen atoms in total. The number of ether oxygens (including phenoxy) is 1. The number of hydrogen-bond acceptors (Lipinski definition) is 5. The van der Waals surface area contributed by atoms with Gasteiger partial charge < -0.3 is 15.4 Å². The van der Waals surface area contributed by atoms with E-state index in [1.54, 1.807) is 6.07 Å². The van der Waals surface area contributed by atoms with Crippen molar-refractivity contribution in [2.45, 2.75) is 31.2 Å². The Kier molecular flexibility index (Phi) is 4.92. The largest absolute Gasteiger partial charge is 0.454 e. The monoisotopic (exact) mass is 395 g/mol. The Morgan fingerprint density at radius 1 is 1.07 bits per heavy atom. The van der Waals surface area contributed by atoms with E-state index in [1.807, 2.05) is 36.4 Å².